The van der Waals surface area contributed by atoms with Crippen LogP contribution < -0.4 is 25.6 Å². The number of benzene rings is 2. The van der Waals surface area contributed by atoms with Gasteiger partial charge in [-0.2, -0.15) is 9.67 Å². The van der Waals surface area contributed by atoms with Crippen molar-refractivity contribution in [3.63, 3.8) is 0 Å². The van der Waals surface area contributed by atoms with E-state index in [1.807, 2.05) is 11.0 Å². The van der Waals surface area contributed by atoms with Gasteiger partial charge in [-0.1, -0.05) is 18.2 Å². The SMILES string of the molecule is CC(=O)N1CCCN(c2cc(-n3nc(Nc4ccc(N(C)C(=O)Oc5ccccc5)cc4)nc3N)ncn2)CC1. The van der Waals surface area contributed by atoms with E-state index in [1.54, 1.807) is 68.6 Å². The van der Waals surface area contributed by atoms with Gasteiger partial charge in [-0.25, -0.2) is 14.8 Å². The summed E-state index contributed by atoms with van der Waals surface area (Å²) in [5.74, 6) is 2.20. The maximum Gasteiger partial charge on any atom is 0.419 e. The molecule has 3 N–H and O–H groups in total. The minimum Gasteiger partial charge on any atom is -0.410 e. The largest absolute Gasteiger partial charge is 0.419 e. The number of amides is 2. The van der Waals surface area contributed by atoms with E-state index < -0.39 is 6.09 Å². The average Bonchev–Trinajstić information content (AvgIpc) is 3.16. The minimum atomic E-state index is -0.499. The van der Waals surface area contributed by atoms with E-state index in [2.05, 4.69) is 30.3 Å². The highest BCUT2D eigenvalue weighted by molar-refractivity contribution is 5.88. The summed E-state index contributed by atoms with van der Waals surface area (Å²) in [6, 6.07) is 17.8. The lowest BCUT2D eigenvalue weighted by atomic mass is 10.2. The number of hydrogen-bond donors (Lipinski definition) is 2. The van der Waals surface area contributed by atoms with Gasteiger partial charge in [-0.15, -0.1) is 5.10 Å². The van der Waals surface area contributed by atoms with E-state index in [9.17, 15) is 9.59 Å². The number of aromatic nitrogens is 5. The first-order valence-electron chi connectivity index (χ1n) is 12.8. The van der Waals surface area contributed by atoms with Crippen LogP contribution in [0.5, 0.6) is 5.75 Å². The zero-order chi connectivity index (χ0) is 28.1. The van der Waals surface area contributed by atoms with E-state index in [-0.39, 0.29) is 17.8 Å². The molecule has 0 unspecified atom stereocenters. The fraction of sp³-hybridized carbons (Fsp3) is 0.259. The van der Waals surface area contributed by atoms with Crippen LogP contribution in [-0.4, -0.2) is 74.9 Å². The molecular weight excluding hydrogens is 512 g/mol. The molecule has 3 heterocycles. The van der Waals surface area contributed by atoms with Crippen LogP contribution in [0.3, 0.4) is 0 Å². The van der Waals surface area contributed by atoms with Gasteiger partial charge in [0.1, 0.15) is 17.9 Å². The Morgan fingerprint density at radius 2 is 1.73 bits per heavy atom. The number of nitrogen functional groups attached to an aromatic ring is 1. The molecule has 5 rings (SSSR count). The van der Waals surface area contributed by atoms with E-state index >= 15 is 0 Å². The number of ether oxygens (including phenoxy) is 1. The third-order valence-corrected chi connectivity index (χ3v) is 6.49. The van der Waals surface area contributed by atoms with Crippen LogP contribution in [0, 0.1) is 0 Å². The van der Waals surface area contributed by atoms with Gasteiger partial charge < -0.3 is 25.6 Å². The molecule has 0 atom stereocenters. The number of anilines is 5. The molecule has 4 aromatic rings. The van der Waals surface area contributed by atoms with Crippen molar-refractivity contribution in [2.24, 2.45) is 0 Å². The summed E-state index contributed by atoms with van der Waals surface area (Å²) in [6.45, 7) is 4.40. The van der Waals surface area contributed by atoms with E-state index in [1.165, 1.54) is 15.9 Å². The van der Waals surface area contributed by atoms with Gasteiger partial charge in [0, 0.05) is 57.6 Å². The third-order valence-electron chi connectivity index (χ3n) is 6.49. The van der Waals surface area contributed by atoms with Crippen LogP contribution in [0.25, 0.3) is 5.82 Å². The highest BCUT2D eigenvalue weighted by atomic mass is 16.6. The molecule has 13 heteroatoms. The first-order valence-corrected chi connectivity index (χ1v) is 12.8. The molecule has 1 aliphatic rings. The topological polar surface area (TPSA) is 148 Å². The number of nitrogens with zero attached hydrogens (tertiary/aromatic N) is 8. The standard InChI is InChI=1S/C27H30N10O3/c1-19(38)35-13-6-14-36(16-15-35)23-17-24(30-18-29-23)37-25(28)32-26(33-37)31-20-9-11-21(12-10-20)34(2)27(39)40-22-7-4-3-5-8-22/h3-5,7-12,17-18H,6,13-16H2,1-2H3,(H3,28,31,32,33). The van der Waals surface area contributed by atoms with Crippen LogP contribution in [0.2, 0.25) is 0 Å². The van der Waals surface area contributed by atoms with Crippen LogP contribution in [0.1, 0.15) is 13.3 Å². The maximum absolute atomic E-state index is 12.5. The van der Waals surface area contributed by atoms with Gasteiger partial charge in [0.15, 0.2) is 5.82 Å². The first-order chi connectivity index (χ1) is 19.4. The predicted molar refractivity (Wildman–Crippen MR) is 151 cm³/mol. The molecule has 2 aromatic heterocycles. The minimum absolute atomic E-state index is 0.0767. The highest BCUT2D eigenvalue weighted by Crippen LogP contribution is 2.23. The third kappa shape index (κ3) is 6.09. The summed E-state index contributed by atoms with van der Waals surface area (Å²) in [5, 5.41) is 7.59. The molecule has 2 amide bonds. The normalized spacial score (nSPS) is 13.4. The number of hydrogen-bond acceptors (Lipinski definition) is 10. The van der Waals surface area contributed by atoms with E-state index in [4.69, 9.17) is 10.5 Å². The predicted octanol–water partition coefficient (Wildman–Crippen LogP) is 3.08. The Bertz CT molecular complexity index is 1480. The summed E-state index contributed by atoms with van der Waals surface area (Å²) in [6.07, 6.45) is 1.81. The Balaban J connectivity index is 1.25. The van der Waals surface area contributed by atoms with Gasteiger partial charge >= 0.3 is 6.09 Å². The zero-order valence-corrected chi connectivity index (χ0v) is 22.3. The lowest BCUT2D eigenvalue weighted by Crippen LogP contribution is -2.33. The molecule has 2 aromatic carbocycles. The molecule has 0 bridgehead atoms. The fourth-order valence-electron chi connectivity index (χ4n) is 4.29. The molecule has 0 aliphatic carbocycles. The van der Waals surface area contributed by atoms with Gasteiger partial charge in [0.05, 0.1) is 0 Å². The first kappa shape index (κ1) is 26.4. The van der Waals surface area contributed by atoms with Gasteiger partial charge in [0.25, 0.3) is 0 Å². The quantitative estimate of drug-likeness (QED) is 0.372. The van der Waals surface area contributed by atoms with Gasteiger partial charge in [-0.3, -0.25) is 9.69 Å². The summed E-state index contributed by atoms with van der Waals surface area (Å²) >= 11 is 0. The Morgan fingerprint density at radius 3 is 2.48 bits per heavy atom. The number of carbonyl (C=O) groups excluding carboxylic acids is 2. The van der Waals surface area contributed by atoms with Crippen LogP contribution in [0.4, 0.5) is 33.9 Å². The molecule has 13 nitrogen and oxygen atoms in total. The van der Waals surface area contributed by atoms with Gasteiger partial charge in [-0.05, 0) is 42.8 Å². The summed E-state index contributed by atoms with van der Waals surface area (Å²) in [5.41, 5.74) is 7.52. The second-order valence-electron chi connectivity index (χ2n) is 9.20. The molecule has 206 valence electrons. The maximum atomic E-state index is 12.5. The highest BCUT2D eigenvalue weighted by Gasteiger charge is 2.19. The molecule has 40 heavy (non-hydrogen) atoms. The number of carbonyl (C=O) groups is 2. The lowest BCUT2D eigenvalue weighted by molar-refractivity contribution is -0.128. The molecule has 1 saturated heterocycles. The number of para-hydroxylation sites is 1. The monoisotopic (exact) mass is 542 g/mol. The molecule has 0 spiro atoms. The lowest BCUT2D eigenvalue weighted by Gasteiger charge is -2.22. The van der Waals surface area contributed by atoms with Crippen molar-refractivity contribution >= 4 is 41.1 Å². The van der Waals surface area contributed by atoms with Crippen molar-refractivity contribution in [2.45, 2.75) is 13.3 Å². The second kappa shape index (κ2) is 11.7. The molecule has 1 aliphatic heterocycles. The number of nitrogens with two attached hydrogens (primary N) is 1. The summed E-state index contributed by atoms with van der Waals surface area (Å²) < 4.78 is 6.83. The smallest absolute Gasteiger partial charge is 0.410 e. The summed E-state index contributed by atoms with van der Waals surface area (Å²) in [7, 11) is 1.64. The van der Waals surface area contributed by atoms with Crippen molar-refractivity contribution in [3.05, 3.63) is 67.0 Å². The van der Waals surface area contributed by atoms with Crippen molar-refractivity contribution in [2.75, 3.05) is 54.1 Å². The summed E-state index contributed by atoms with van der Waals surface area (Å²) in [4.78, 5) is 42.7. The van der Waals surface area contributed by atoms with Crippen LogP contribution in [0.15, 0.2) is 67.0 Å². The molecule has 0 radical (unpaired) electrons. The van der Waals surface area contributed by atoms with Crippen molar-refractivity contribution in [3.8, 4) is 11.6 Å². The Morgan fingerprint density at radius 1 is 0.975 bits per heavy atom. The van der Waals surface area contributed by atoms with Crippen LogP contribution in [-0.2, 0) is 4.79 Å². The van der Waals surface area contributed by atoms with E-state index in [0.717, 1.165) is 25.3 Å². The molecular formula is C27H30N10O3. The van der Waals surface area contributed by atoms with Crippen molar-refractivity contribution in [1.29, 1.82) is 0 Å². The molecule has 0 saturated carbocycles. The molecule has 1 fully saturated rings. The Hall–Kier alpha value is -5.20. The van der Waals surface area contributed by atoms with Crippen LogP contribution >= 0.6 is 0 Å². The van der Waals surface area contributed by atoms with Crippen molar-refractivity contribution in [1.82, 2.24) is 29.6 Å². The Labute approximate surface area is 231 Å². The van der Waals surface area contributed by atoms with Gasteiger partial charge in [0.2, 0.25) is 17.8 Å². The fourth-order valence-corrected chi connectivity index (χ4v) is 4.29. The van der Waals surface area contributed by atoms with E-state index in [0.29, 0.717) is 36.0 Å². The zero-order valence-electron chi connectivity index (χ0n) is 22.3. The average molecular weight is 543 g/mol. The number of rotatable bonds is 6. The number of nitrogens with one attached hydrogen (secondary N) is 1. The Kier molecular flexibility index (Phi) is 7.71. The second-order valence-corrected chi connectivity index (χ2v) is 9.20. The van der Waals surface area contributed by atoms with Crippen molar-refractivity contribution < 1.29 is 14.3 Å².